The molecule has 0 aliphatic heterocycles. The van der Waals surface area contributed by atoms with Crippen LogP contribution in [0.5, 0.6) is 0 Å². The first kappa shape index (κ1) is 22.5. The number of carbonyl (C=O) groups is 2. The number of nitrogens with one attached hydrogen (secondary N) is 2. The van der Waals surface area contributed by atoms with Crippen LogP contribution in [-0.2, 0) is 10.3 Å². The molecule has 3 aromatic rings. The Morgan fingerprint density at radius 2 is 1.61 bits per heavy atom. The van der Waals surface area contributed by atoms with Crippen molar-refractivity contribution in [3.05, 3.63) is 94.8 Å². The van der Waals surface area contributed by atoms with Crippen molar-refractivity contribution in [3.8, 4) is 0 Å². The number of hydrogen-bond acceptors (Lipinski definition) is 4. The molecular weight excluding hydrogens is 412 g/mol. The normalized spacial score (nSPS) is 12.1. The van der Waals surface area contributed by atoms with Crippen LogP contribution in [0.4, 0.5) is 5.69 Å². The average Bonchev–Trinajstić information content (AvgIpc) is 2.74. The molecule has 31 heavy (non-hydrogen) atoms. The smallest absolute Gasteiger partial charge is 0.255 e. The van der Waals surface area contributed by atoms with Crippen LogP contribution in [0.1, 0.15) is 47.8 Å². The van der Waals surface area contributed by atoms with Crippen molar-refractivity contribution >= 4 is 29.1 Å². The lowest BCUT2D eigenvalue weighted by atomic mass is 9.93. The van der Waals surface area contributed by atoms with Crippen LogP contribution in [0.15, 0.2) is 73.1 Å². The molecular formula is C24H25ClN4O2. The minimum absolute atomic E-state index is 0.125. The van der Waals surface area contributed by atoms with Gasteiger partial charge in [0.25, 0.3) is 5.91 Å². The van der Waals surface area contributed by atoms with Crippen molar-refractivity contribution in [2.24, 2.45) is 5.73 Å². The molecule has 7 heteroatoms. The number of pyridine rings is 1. The zero-order chi connectivity index (χ0) is 22.4. The van der Waals surface area contributed by atoms with E-state index in [0.717, 1.165) is 11.1 Å². The molecule has 3 rings (SSSR count). The highest BCUT2D eigenvalue weighted by molar-refractivity contribution is 6.30. The first-order valence-electron chi connectivity index (χ1n) is 9.88. The highest BCUT2D eigenvalue weighted by atomic mass is 35.5. The summed E-state index contributed by atoms with van der Waals surface area (Å²) in [6.45, 7) is 3.85. The number of anilines is 1. The van der Waals surface area contributed by atoms with Crippen LogP contribution in [0.25, 0.3) is 0 Å². The van der Waals surface area contributed by atoms with E-state index < -0.39 is 11.6 Å². The Labute approximate surface area is 186 Å². The van der Waals surface area contributed by atoms with Gasteiger partial charge in [0.15, 0.2) is 0 Å². The average molecular weight is 437 g/mol. The van der Waals surface area contributed by atoms with E-state index in [-0.39, 0.29) is 18.2 Å². The van der Waals surface area contributed by atoms with Gasteiger partial charge in [-0.2, -0.15) is 0 Å². The predicted molar refractivity (Wildman–Crippen MR) is 123 cm³/mol. The summed E-state index contributed by atoms with van der Waals surface area (Å²) in [5, 5.41) is 6.46. The van der Waals surface area contributed by atoms with Crippen molar-refractivity contribution in [2.45, 2.75) is 31.8 Å². The highest BCUT2D eigenvalue weighted by Crippen LogP contribution is 2.23. The van der Waals surface area contributed by atoms with E-state index in [2.05, 4.69) is 15.6 Å². The molecule has 0 saturated heterocycles. The van der Waals surface area contributed by atoms with Gasteiger partial charge in [-0.1, -0.05) is 35.9 Å². The standard InChI is InChI=1S/C24H25ClN4O2/c1-24(2,18-7-9-19(25)10-8-18)29-22(30)15-21(26)16-3-5-17(6-4-16)23(31)28-20-11-13-27-14-12-20/h3-14,21H,15,26H2,1-2H3,(H,29,30)(H,27,28,31). The number of nitrogens with two attached hydrogens (primary N) is 1. The third-order valence-electron chi connectivity index (χ3n) is 4.96. The fourth-order valence-corrected chi connectivity index (χ4v) is 3.30. The number of benzene rings is 2. The van der Waals surface area contributed by atoms with Gasteiger partial charge in [-0.3, -0.25) is 14.6 Å². The van der Waals surface area contributed by atoms with Crippen molar-refractivity contribution in [1.82, 2.24) is 10.3 Å². The molecule has 0 saturated carbocycles. The second kappa shape index (κ2) is 9.73. The van der Waals surface area contributed by atoms with E-state index in [0.29, 0.717) is 16.3 Å². The van der Waals surface area contributed by atoms with E-state index in [9.17, 15) is 9.59 Å². The lowest BCUT2D eigenvalue weighted by Gasteiger charge is -2.27. The van der Waals surface area contributed by atoms with E-state index >= 15 is 0 Å². The summed E-state index contributed by atoms with van der Waals surface area (Å²) in [6.07, 6.45) is 3.34. The lowest BCUT2D eigenvalue weighted by molar-refractivity contribution is -0.123. The number of carbonyl (C=O) groups excluding carboxylic acids is 2. The van der Waals surface area contributed by atoms with Gasteiger partial charge >= 0.3 is 0 Å². The number of hydrogen-bond donors (Lipinski definition) is 3. The third kappa shape index (κ3) is 6.13. The SMILES string of the molecule is CC(C)(NC(=O)CC(N)c1ccc(C(=O)Nc2ccncc2)cc1)c1ccc(Cl)cc1. The van der Waals surface area contributed by atoms with Crippen LogP contribution in [0.2, 0.25) is 5.02 Å². The number of nitrogens with zero attached hydrogens (tertiary/aromatic N) is 1. The van der Waals surface area contributed by atoms with Gasteiger partial charge in [0.2, 0.25) is 5.91 Å². The van der Waals surface area contributed by atoms with E-state index in [1.807, 2.05) is 26.0 Å². The summed E-state index contributed by atoms with van der Waals surface area (Å²) >= 11 is 5.94. The summed E-state index contributed by atoms with van der Waals surface area (Å²) in [6, 6.07) is 17.2. The summed E-state index contributed by atoms with van der Waals surface area (Å²) in [5.74, 6) is -0.388. The van der Waals surface area contributed by atoms with Crippen LogP contribution in [-0.4, -0.2) is 16.8 Å². The molecule has 1 heterocycles. The third-order valence-corrected chi connectivity index (χ3v) is 5.21. The summed E-state index contributed by atoms with van der Waals surface area (Å²) in [5.41, 5.74) is 8.57. The topological polar surface area (TPSA) is 97.1 Å². The molecule has 0 spiro atoms. The molecule has 0 aliphatic rings. The Hall–Kier alpha value is -3.22. The number of aromatic nitrogens is 1. The number of amides is 2. The number of halogens is 1. The van der Waals surface area contributed by atoms with Crippen molar-refractivity contribution in [1.29, 1.82) is 0 Å². The minimum atomic E-state index is -0.559. The first-order valence-corrected chi connectivity index (χ1v) is 10.3. The first-order chi connectivity index (χ1) is 14.7. The summed E-state index contributed by atoms with van der Waals surface area (Å²) < 4.78 is 0. The van der Waals surface area contributed by atoms with E-state index in [1.54, 1.807) is 60.9 Å². The Balaban J connectivity index is 1.58. The van der Waals surface area contributed by atoms with Gasteiger partial charge in [-0.25, -0.2) is 0 Å². The van der Waals surface area contributed by atoms with Crippen molar-refractivity contribution in [3.63, 3.8) is 0 Å². The van der Waals surface area contributed by atoms with Gasteiger partial charge in [0, 0.05) is 41.1 Å². The molecule has 0 aliphatic carbocycles. The van der Waals surface area contributed by atoms with E-state index in [4.69, 9.17) is 17.3 Å². The van der Waals surface area contributed by atoms with Crippen molar-refractivity contribution < 1.29 is 9.59 Å². The van der Waals surface area contributed by atoms with Gasteiger partial charge in [-0.15, -0.1) is 0 Å². The maximum absolute atomic E-state index is 12.6. The van der Waals surface area contributed by atoms with Crippen LogP contribution in [0, 0.1) is 0 Å². The Morgan fingerprint density at radius 3 is 2.23 bits per heavy atom. The Kier molecular flexibility index (Phi) is 7.05. The monoisotopic (exact) mass is 436 g/mol. The summed E-state index contributed by atoms with van der Waals surface area (Å²) in [7, 11) is 0. The molecule has 2 amide bonds. The molecule has 4 N–H and O–H groups in total. The largest absolute Gasteiger partial charge is 0.347 e. The molecule has 0 fully saturated rings. The zero-order valence-electron chi connectivity index (χ0n) is 17.4. The molecule has 6 nitrogen and oxygen atoms in total. The van der Waals surface area contributed by atoms with Crippen LogP contribution in [0.3, 0.4) is 0 Å². The van der Waals surface area contributed by atoms with Crippen molar-refractivity contribution in [2.75, 3.05) is 5.32 Å². The minimum Gasteiger partial charge on any atom is -0.347 e. The quantitative estimate of drug-likeness (QED) is 0.510. The molecule has 1 unspecified atom stereocenters. The number of rotatable bonds is 7. The van der Waals surface area contributed by atoms with Gasteiger partial charge in [0.1, 0.15) is 0 Å². The molecule has 1 aromatic heterocycles. The second-order valence-corrected chi connectivity index (χ2v) is 8.24. The fraction of sp³-hybridized carbons (Fsp3) is 0.208. The second-order valence-electron chi connectivity index (χ2n) is 7.80. The Bertz CT molecular complexity index is 1040. The van der Waals surface area contributed by atoms with Crippen LogP contribution >= 0.6 is 11.6 Å². The zero-order valence-corrected chi connectivity index (χ0v) is 18.2. The Morgan fingerprint density at radius 1 is 1.00 bits per heavy atom. The fourth-order valence-electron chi connectivity index (χ4n) is 3.18. The molecule has 1 atom stereocenters. The lowest BCUT2D eigenvalue weighted by Crippen LogP contribution is -2.42. The van der Waals surface area contributed by atoms with Gasteiger partial charge in [-0.05, 0) is 61.4 Å². The van der Waals surface area contributed by atoms with Gasteiger partial charge < -0.3 is 16.4 Å². The van der Waals surface area contributed by atoms with Gasteiger partial charge in [0.05, 0.1) is 5.54 Å². The molecule has 0 radical (unpaired) electrons. The molecule has 160 valence electrons. The summed E-state index contributed by atoms with van der Waals surface area (Å²) in [4.78, 5) is 28.8. The maximum atomic E-state index is 12.6. The molecule has 0 bridgehead atoms. The highest BCUT2D eigenvalue weighted by Gasteiger charge is 2.24. The van der Waals surface area contributed by atoms with Crippen LogP contribution < -0.4 is 16.4 Å². The molecule has 2 aromatic carbocycles. The maximum Gasteiger partial charge on any atom is 0.255 e. The van der Waals surface area contributed by atoms with E-state index in [1.165, 1.54) is 0 Å². The predicted octanol–water partition coefficient (Wildman–Crippen LogP) is 4.43.